The van der Waals surface area contributed by atoms with Crippen molar-refractivity contribution in [3.05, 3.63) is 58.3 Å². The van der Waals surface area contributed by atoms with Gasteiger partial charge >= 0.3 is 0 Å². The zero-order valence-electron chi connectivity index (χ0n) is 11.3. The van der Waals surface area contributed by atoms with Gasteiger partial charge in [0, 0.05) is 35.6 Å². The molecule has 0 fully saturated rings. The van der Waals surface area contributed by atoms with Crippen molar-refractivity contribution in [1.82, 2.24) is 4.98 Å². The minimum Gasteiger partial charge on any atom is -0.384 e. The van der Waals surface area contributed by atoms with Crippen molar-refractivity contribution in [3.8, 4) is 0 Å². The van der Waals surface area contributed by atoms with Crippen LogP contribution in [0.4, 0.5) is 5.69 Å². The molecular weight excluding hydrogens is 316 g/mol. The molecule has 1 aromatic heterocycles. The third kappa shape index (κ3) is 3.17. The predicted molar refractivity (Wildman–Crippen MR) is 86.1 cm³/mol. The molecule has 0 saturated carbocycles. The Kier molecular flexibility index (Phi) is 4.74. The van der Waals surface area contributed by atoms with Gasteiger partial charge in [0.25, 0.3) is 0 Å². The Balaban J connectivity index is 2.37. The van der Waals surface area contributed by atoms with Crippen LogP contribution in [0.3, 0.4) is 0 Å². The molecule has 0 radical (unpaired) electrons. The Morgan fingerprint density at radius 3 is 2.60 bits per heavy atom. The highest BCUT2D eigenvalue weighted by Gasteiger charge is 2.14. The van der Waals surface area contributed by atoms with Crippen LogP contribution in [-0.2, 0) is 6.54 Å². The summed E-state index contributed by atoms with van der Waals surface area (Å²) in [6.45, 7) is 3.68. The Labute approximate surface area is 127 Å². The number of halogens is 1. The number of hydrogen-bond donors (Lipinski definition) is 2. The summed E-state index contributed by atoms with van der Waals surface area (Å²) in [6.07, 6.45) is 3.58. The summed E-state index contributed by atoms with van der Waals surface area (Å²) in [4.78, 5) is 6.22. The molecule has 2 aromatic rings. The largest absolute Gasteiger partial charge is 0.384 e. The van der Waals surface area contributed by atoms with Crippen LogP contribution in [0.2, 0.25) is 0 Å². The number of nitrogen functional groups attached to an aromatic ring is 1. The number of hydrogen-bond acceptors (Lipinski definition) is 3. The Morgan fingerprint density at radius 2 is 2.00 bits per heavy atom. The summed E-state index contributed by atoms with van der Waals surface area (Å²) >= 11 is 3.47. The lowest BCUT2D eigenvalue weighted by atomic mass is 10.1. The molecule has 0 atom stereocenters. The van der Waals surface area contributed by atoms with Crippen molar-refractivity contribution in [2.75, 3.05) is 11.4 Å². The monoisotopic (exact) mass is 332 g/mol. The van der Waals surface area contributed by atoms with Crippen LogP contribution in [0.5, 0.6) is 0 Å². The van der Waals surface area contributed by atoms with E-state index in [0.717, 1.165) is 28.8 Å². The summed E-state index contributed by atoms with van der Waals surface area (Å²) in [5, 5.41) is 7.78. The normalized spacial score (nSPS) is 10.3. The molecule has 0 bridgehead atoms. The van der Waals surface area contributed by atoms with Gasteiger partial charge in [0.2, 0.25) is 0 Å². The van der Waals surface area contributed by atoms with Gasteiger partial charge in [-0.05, 0) is 52.7 Å². The molecular formula is C15H17BrN4. The topological polar surface area (TPSA) is 66.0 Å². The fourth-order valence-electron chi connectivity index (χ4n) is 2.12. The number of nitrogens with two attached hydrogens (primary N) is 1. The van der Waals surface area contributed by atoms with Gasteiger partial charge in [-0.2, -0.15) is 0 Å². The zero-order valence-corrected chi connectivity index (χ0v) is 12.9. The molecule has 3 N–H and O–H groups in total. The van der Waals surface area contributed by atoms with Crippen molar-refractivity contribution < 1.29 is 0 Å². The molecule has 0 unspecified atom stereocenters. The first kappa shape index (κ1) is 14.5. The van der Waals surface area contributed by atoms with E-state index >= 15 is 0 Å². The van der Waals surface area contributed by atoms with Gasteiger partial charge in [-0.3, -0.25) is 10.4 Å². The van der Waals surface area contributed by atoms with E-state index < -0.39 is 0 Å². The number of anilines is 1. The van der Waals surface area contributed by atoms with E-state index in [2.05, 4.69) is 32.7 Å². The Bertz CT molecular complexity index is 598. The highest BCUT2D eigenvalue weighted by molar-refractivity contribution is 9.10. The first-order chi connectivity index (χ1) is 9.63. The van der Waals surface area contributed by atoms with Crippen molar-refractivity contribution >= 4 is 27.5 Å². The first-order valence-corrected chi connectivity index (χ1v) is 7.19. The Morgan fingerprint density at radius 1 is 1.30 bits per heavy atom. The van der Waals surface area contributed by atoms with E-state index in [1.165, 1.54) is 5.56 Å². The van der Waals surface area contributed by atoms with Gasteiger partial charge < -0.3 is 10.6 Å². The number of benzene rings is 1. The first-order valence-electron chi connectivity index (χ1n) is 6.40. The number of pyridine rings is 1. The maximum Gasteiger partial charge on any atom is 0.126 e. The molecule has 4 nitrogen and oxygen atoms in total. The van der Waals surface area contributed by atoms with Gasteiger partial charge in [-0.15, -0.1) is 0 Å². The molecule has 1 aromatic carbocycles. The fraction of sp³-hybridized carbons (Fsp3) is 0.200. The van der Waals surface area contributed by atoms with Gasteiger partial charge in [0.15, 0.2) is 0 Å². The maximum absolute atomic E-state index is 7.78. The van der Waals surface area contributed by atoms with E-state index in [1.54, 1.807) is 12.4 Å². The van der Waals surface area contributed by atoms with E-state index in [1.807, 2.05) is 30.3 Å². The molecule has 0 amide bonds. The summed E-state index contributed by atoms with van der Waals surface area (Å²) < 4.78 is 0.843. The molecule has 5 heteroatoms. The van der Waals surface area contributed by atoms with E-state index in [4.69, 9.17) is 11.1 Å². The molecule has 20 heavy (non-hydrogen) atoms. The van der Waals surface area contributed by atoms with Crippen molar-refractivity contribution in [1.29, 1.82) is 5.41 Å². The van der Waals surface area contributed by atoms with Gasteiger partial charge in [-0.25, -0.2) is 0 Å². The molecule has 0 aliphatic rings. The van der Waals surface area contributed by atoms with E-state index in [9.17, 15) is 0 Å². The molecule has 0 aliphatic heterocycles. The highest BCUT2D eigenvalue weighted by atomic mass is 79.9. The maximum atomic E-state index is 7.78. The molecule has 104 valence electrons. The standard InChI is InChI=1S/C15H17BrN4/c1-2-20(10-11-6-8-19-9-7-11)13-5-3-4-12(16)14(13)15(17)18/h3-9H,2,10H2,1H3,(H3,17,18). The van der Waals surface area contributed by atoms with Gasteiger partial charge in [0.1, 0.15) is 5.84 Å². The molecule has 1 heterocycles. The number of aromatic nitrogens is 1. The fourth-order valence-corrected chi connectivity index (χ4v) is 2.69. The quantitative estimate of drug-likeness (QED) is 0.652. The highest BCUT2D eigenvalue weighted by Crippen LogP contribution is 2.28. The van der Waals surface area contributed by atoms with Crippen LogP contribution in [0.15, 0.2) is 47.2 Å². The van der Waals surface area contributed by atoms with Gasteiger partial charge in [0.05, 0.1) is 5.56 Å². The Hall–Kier alpha value is -1.88. The molecule has 0 aliphatic carbocycles. The van der Waals surface area contributed by atoms with Crippen LogP contribution in [0, 0.1) is 5.41 Å². The minimum atomic E-state index is 0.0700. The second-order valence-electron chi connectivity index (χ2n) is 4.42. The average Bonchev–Trinajstić information content (AvgIpc) is 2.45. The smallest absolute Gasteiger partial charge is 0.126 e. The number of rotatable bonds is 5. The second-order valence-corrected chi connectivity index (χ2v) is 5.27. The van der Waals surface area contributed by atoms with Crippen LogP contribution in [0.25, 0.3) is 0 Å². The zero-order chi connectivity index (χ0) is 14.5. The lowest BCUT2D eigenvalue weighted by molar-refractivity contribution is 0.828. The number of nitrogens with zero attached hydrogens (tertiary/aromatic N) is 2. The van der Waals surface area contributed by atoms with Crippen LogP contribution >= 0.6 is 15.9 Å². The van der Waals surface area contributed by atoms with E-state index in [-0.39, 0.29) is 5.84 Å². The van der Waals surface area contributed by atoms with Crippen molar-refractivity contribution in [3.63, 3.8) is 0 Å². The van der Waals surface area contributed by atoms with Crippen LogP contribution in [-0.4, -0.2) is 17.4 Å². The van der Waals surface area contributed by atoms with Crippen molar-refractivity contribution in [2.24, 2.45) is 5.73 Å². The summed E-state index contributed by atoms with van der Waals surface area (Å²) in [7, 11) is 0. The van der Waals surface area contributed by atoms with E-state index in [0.29, 0.717) is 0 Å². The third-order valence-corrected chi connectivity index (χ3v) is 3.77. The average molecular weight is 333 g/mol. The van der Waals surface area contributed by atoms with Gasteiger partial charge in [-0.1, -0.05) is 6.07 Å². The van der Waals surface area contributed by atoms with Crippen LogP contribution < -0.4 is 10.6 Å². The SMILES string of the molecule is CCN(Cc1ccncc1)c1cccc(Br)c1C(=N)N. The second kappa shape index (κ2) is 6.52. The third-order valence-electron chi connectivity index (χ3n) is 3.11. The minimum absolute atomic E-state index is 0.0700. The summed E-state index contributed by atoms with van der Waals surface area (Å²) in [6, 6.07) is 9.84. The summed E-state index contributed by atoms with van der Waals surface area (Å²) in [5.74, 6) is 0.0700. The molecule has 0 spiro atoms. The number of amidine groups is 1. The predicted octanol–water partition coefficient (Wildman–Crippen LogP) is 3.15. The summed E-state index contributed by atoms with van der Waals surface area (Å²) in [5.41, 5.74) is 8.60. The number of nitrogens with one attached hydrogen (secondary N) is 1. The van der Waals surface area contributed by atoms with Crippen molar-refractivity contribution in [2.45, 2.75) is 13.5 Å². The molecule has 0 saturated heterocycles. The lowest BCUT2D eigenvalue weighted by Gasteiger charge is -2.26. The lowest BCUT2D eigenvalue weighted by Crippen LogP contribution is -2.26. The molecule has 2 rings (SSSR count). The van der Waals surface area contributed by atoms with Crippen LogP contribution in [0.1, 0.15) is 18.1 Å².